The van der Waals surface area contributed by atoms with Gasteiger partial charge in [-0.3, -0.25) is 4.90 Å². The molecule has 110 valence electrons. The van der Waals surface area contributed by atoms with E-state index in [-0.39, 0.29) is 6.61 Å². The Bertz CT molecular complexity index is 430. The maximum absolute atomic E-state index is 9.57. The van der Waals surface area contributed by atoms with Crippen molar-refractivity contribution in [2.45, 2.75) is 18.4 Å². The summed E-state index contributed by atoms with van der Waals surface area (Å²) < 4.78 is 0. The van der Waals surface area contributed by atoms with Crippen molar-refractivity contribution in [1.82, 2.24) is 14.9 Å². The van der Waals surface area contributed by atoms with Gasteiger partial charge in [-0.05, 0) is 24.8 Å². The van der Waals surface area contributed by atoms with Crippen LogP contribution in [0.5, 0.6) is 0 Å². The molecule has 2 heterocycles. The van der Waals surface area contributed by atoms with Crippen molar-refractivity contribution in [2.75, 3.05) is 44.2 Å². The van der Waals surface area contributed by atoms with Gasteiger partial charge in [-0.1, -0.05) is 0 Å². The van der Waals surface area contributed by atoms with Crippen LogP contribution in [0.2, 0.25) is 0 Å². The van der Waals surface area contributed by atoms with Crippen molar-refractivity contribution in [3.05, 3.63) is 18.5 Å². The lowest BCUT2D eigenvalue weighted by Crippen LogP contribution is -2.58. The maximum atomic E-state index is 9.57. The first-order chi connectivity index (χ1) is 9.71. The molecule has 0 bridgehead atoms. The Balaban J connectivity index is 1.53. The van der Waals surface area contributed by atoms with Crippen LogP contribution < -0.4 is 10.6 Å². The van der Waals surface area contributed by atoms with Gasteiger partial charge in [0.25, 0.3) is 0 Å². The van der Waals surface area contributed by atoms with Crippen LogP contribution in [-0.2, 0) is 0 Å². The number of aliphatic hydroxyl groups is 1. The van der Waals surface area contributed by atoms with Gasteiger partial charge in [-0.15, -0.1) is 0 Å². The van der Waals surface area contributed by atoms with Gasteiger partial charge in [0, 0.05) is 45.1 Å². The Morgan fingerprint density at radius 2 is 1.85 bits per heavy atom. The lowest BCUT2D eigenvalue weighted by Gasteiger charge is -2.39. The molecule has 1 saturated heterocycles. The molecule has 6 nitrogen and oxygen atoms in total. The molecule has 6 heteroatoms. The van der Waals surface area contributed by atoms with Crippen molar-refractivity contribution in [3.8, 4) is 0 Å². The van der Waals surface area contributed by atoms with Crippen LogP contribution in [0.1, 0.15) is 12.8 Å². The molecule has 20 heavy (non-hydrogen) atoms. The Kier molecular flexibility index (Phi) is 3.87. The molecule has 0 amide bonds. The lowest BCUT2D eigenvalue weighted by atomic mass is 9.94. The zero-order chi connectivity index (χ0) is 14.0. The summed E-state index contributed by atoms with van der Waals surface area (Å²) in [6, 6.07) is 1.83. The minimum atomic E-state index is -0.411. The van der Waals surface area contributed by atoms with Crippen LogP contribution in [0.4, 0.5) is 5.95 Å². The standard InChI is InChI=1S/C14H23N5O/c15-14(11-20,12-2-3-12)10-18-6-8-19(9-7-18)13-16-4-1-5-17-13/h1,4-5,12,20H,2-3,6-11,15H2. The van der Waals surface area contributed by atoms with Crippen molar-refractivity contribution >= 4 is 5.95 Å². The van der Waals surface area contributed by atoms with E-state index in [4.69, 9.17) is 5.73 Å². The molecule has 1 aliphatic carbocycles. The normalized spacial score (nSPS) is 23.6. The van der Waals surface area contributed by atoms with E-state index in [0.29, 0.717) is 5.92 Å². The van der Waals surface area contributed by atoms with E-state index < -0.39 is 5.54 Å². The zero-order valence-corrected chi connectivity index (χ0v) is 11.8. The Hall–Kier alpha value is -1.24. The van der Waals surface area contributed by atoms with E-state index >= 15 is 0 Å². The number of nitrogens with zero attached hydrogens (tertiary/aromatic N) is 4. The number of rotatable bonds is 5. The first-order valence-corrected chi connectivity index (χ1v) is 7.35. The molecular formula is C14H23N5O. The SMILES string of the molecule is NC(CO)(CN1CCN(c2ncccn2)CC1)C1CC1. The smallest absolute Gasteiger partial charge is 0.225 e. The van der Waals surface area contributed by atoms with Gasteiger partial charge in [0.15, 0.2) is 0 Å². The highest BCUT2D eigenvalue weighted by Gasteiger charge is 2.43. The third-order valence-electron chi connectivity index (χ3n) is 4.41. The fourth-order valence-corrected chi connectivity index (χ4v) is 2.94. The van der Waals surface area contributed by atoms with Crippen LogP contribution in [0.3, 0.4) is 0 Å². The van der Waals surface area contributed by atoms with E-state index in [1.54, 1.807) is 12.4 Å². The average molecular weight is 277 g/mol. The van der Waals surface area contributed by atoms with Crippen LogP contribution in [0, 0.1) is 5.92 Å². The van der Waals surface area contributed by atoms with Gasteiger partial charge in [0.1, 0.15) is 0 Å². The third-order valence-corrected chi connectivity index (χ3v) is 4.41. The number of anilines is 1. The highest BCUT2D eigenvalue weighted by atomic mass is 16.3. The summed E-state index contributed by atoms with van der Waals surface area (Å²) in [4.78, 5) is 13.1. The average Bonchev–Trinajstić information content (AvgIpc) is 3.34. The summed E-state index contributed by atoms with van der Waals surface area (Å²) in [7, 11) is 0. The van der Waals surface area contributed by atoms with Crippen LogP contribution in [0.15, 0.2) is 18.5 Å². The third kappa shape index (κ3) is 2.92. The summed E-state index contributed by atoms with van der Waals surface area (Å²) in [5.74, 6) is 1.30. The molecular weight excluding hydrogens is 254 g/mol. The topological polar surface area (TPSA) is 78.5 Å². The second-order valence-electron chi connectivity index (χ2n) is 5.98. The van der Waals surface area contributed by atoms with Crippen molar-refractivity contribution in [3.63, 3.8) is 0 Å². The minimum absolute atomic E-state index is 0.0830. The monoisotopic (exact) mass is 277 g/mol. The molecule has 1 aliphatic heterocycles. The Morgan fingerprint density at radius 3 is 2.40 bits per heavy atom. The number of aliphatic hydroxyl groups excluding tert-OH is 1. The second-order valence-corrected chi connectivity index (χ2v) is 5.98. The molecule has 3 N–H and O–H groups in total. The first kappa shape index (κ1) is 13.7. The maximum Gasteiger partial charge on any atom is 0.225 e. The molecule has 1 aromatic rings. The number of aromatic nitrogens is 2. The molecule has 0 spiro atoms. The van der Waals surface area contributed by atoms with Crippen LogP contribution >= 0.6 is 0 Å². The summed E-state index contributed by atoms with van der Waals surface area (Å²) in [6.45, 7) is 4.59. The molecule has 1 aromatic heterocycles. The highest BCUT2D eigenvalue weighted by molar-refractivity contribution is 5.29. The summed E-state index contributed by atoms with van der Waals surface area (Å²) in [6.07, 6.45) is 5.88. The highest BCUT2D eigenvalue weighted by Crippen LogP contribution is 2.38. The van der Waals surface area contributed by atoms with Gasteiger partial charge in [0.2, 0.25) is 5.95 Å². The van der Waals surface area contributed by atoms with Gasteiger partial charge < -0.3 is 15.7 Å². The fourth-order valence-electron chi connectivity index (χ4n) is 2.94. The molecule has 0 radical (unpaired) electrons. The van der Waals surface area contributed by atoms with Gasteiger partial charge >= 0.3 is 0 Å². The number of hydrogen-bond acceptors (Lipinski definition) is 6. The quantitative estimate of drug-likeness (QED) is 0.769. The first-order valence-electron chi connectivity index (χ1n) is 7.35. The predicted octanol–water partition coefficient (Wildman–Crippen LogP) is -0.302. The number of hydrogen-bond donors (Lipinski definition) is 2. The van der Waals surface area contributed by atoms with E-state index in [2.05, 4.69) is 19.8 Å². The van der Waals surface area contributed by atoms with Crippen molar-refractivity contribution in [2.24, 2.45) is 11.7 Å². The molecule has 1 unspecified atom stereocenters. The Labute approximate surface area is 119 Å². The molecule has 1 atom stereocenters. The van der Waals surface area contributed by atoms with Crippen molar-refractivity contribution < 1.29 is 5.11 Å². The van der Waals surface area contributed by atoms with Crippen molar-refractivity contribution in [1.29, 1.82) is 0 Å². The van der Waals surface area contributed by atoms with Gasteiger partial charge in [0.05, 0.1) is 12.1 Å². The molecule has 2 aliphatic rings. The van der Waals surface area contributed by atoms with Crippen LogP contribution in [0.25, 0.3) is 0 Å². The molecule has 0 aromatic carbocycles. The summed E-state index contributed by atoms with van der Waals surface area (Å²) >= 11 is 0. The lowest BCUT2D eigenvalue weighted by molar-refractivity contribution is 0.117. The number of nitrogens with two attached hydrogens (primary N) is 1. The Morgan fingerprint density at radius 1 is 1.20 bits per heavy atom. The summed E-state index contributed by atoms with van der Waals surface area (Å²) in [5, 5.41) is 9.57. The predicted molar refractivity (Wildman–Crippen MR) is 77.4 cm³/mol. The van der Waals surface area contributed by atoms with Gasteiger partial charge in [-0.25, -0.2) is 9.97 Å². The number of piperazine rings is 1. The van der Waals surface area contributed by atoms with E-state index in [0.717, 1.165) is 51.5 Å². The van der Waals surface area contributed by atoms with Crippen LogP contribution in [-0.4, -0.2) is 64.8 Å². The second kappa shape index (κ2) is 5.63. The fraction of sp³-hybridized carbons (Fsp3) is 0.714. The summed E-state index contributed by atoms with van der Waals surface area (Å²) in [5.41, 5.74) is 5.94. The minimum Gasteiger partial charge on any atom is -0.394 e. The van der Waals surface area contributed by atoms with Gasteiger partial charge in [-0.2, -0.15) is 0 Å². The van der Waals surface area contributed by atoms with E-state index in [9.17, 15) is 5.11 Å². The molecule has 1 saturated carbocycles. The zero-order valence-electron chi connectivity index (χ0n) is 11.8. The molecule has 2 fully saturated rings. The van der Waals surface area contributed by atoms with E-state index in [1.165, 1.54) is 0 Å². The molecule has 3 rings (SSSR count). The largest absolute Gasteiger partial charge is 0.394 e. The van der Waals surface area contributed by atoms with E-state index in [1.807, 2.05) is 6.07 Å².